The van der Waals surface area contributed by atoms with E-state index in [2.05, 4.69) is 21.8 Å². The zero-order chi connectivity index (χ0) is 15.0. The zero-order valence-corrected chi connectivity index (χ0v) is 12.2. The number of non-ortho nitro benzene ring substituents is 1. The van der Waals surface area contributed by atoms with E-state index in [0.29, 0.717) is 0 Å². The Balaban J connectivity index is 2.11. The third-order valence-corrected chi connectivity index (χ3v) is 3.95. The molecule has 21 heavy (non-hydrogen) atoms. The summed E-state index contributed by atoms with van der Waals surface area (Å²) in [5, 5.41) is 11.9. The second-order valence-corrected chi connectivity index (χ2v) is 5.53. The highest BCUT2D eigenvalue weighted by atomic mass is 16.6. The molecular weight excluding hydrogens is 268 g/mol. The van der Waals surface area contributed by atoms with Crippen LogP contribution in [0.15, 0.2) is 24.3 Å². The molecule has 6 heteroatoms. The largest absolute Gasteiger partial charge is 0.368 e. The smallest absolute Gasteiger partial charge is 0.270 e. The minimum absolute atomic E-state index is 0.114. The number of rotatable bonds is 2. The van der Waals surface area contributed by atoms with Crippen molar-refractivity contribution >= 4 is 22.3 Å². The molecule has 110 valence electrons. The molecule has 0 spiro atoms. The van der Waals surface area contributed by atoms with Crippen LogP contribution in [0.4, 0.5) is 11.4 Å². The molecule has 0 atom stereocenters. The molecule has 0 unspecified atom stereocenters. The monoisotopic (exact) mass is 286 g/mol. The Kier molecular flexibility index (Phi) is 3.47. The van der Waals surface area contributed by atoms with Gasteiger partial charge in [-0.3, -0.25) is 15.1 Å². The summed E-state index contributed by atoms with van der Waals surface area (Å²) in [5.41, 5.74) is 2.91. The van der Waals surface area contributed by atoms with Gasteiger partial charge in [0.1, 0.15) is 0 Å². The van der Waals surface area contributed by atoms with Crippen LogP contribution in [-0.4, -0.2) is 48.0 Å². The van der Waals surface area contributed by atoms with E-state index in [4.69, 9.17) is 0 Å². The van der Waals surface area contributed by atoms with Gasteiger partial charge in [-0.1, -0.05) is 0 Å². The number of anilines is 1. The lowest BCUT2D eigenvalue weighted by atomic mass is 10.1. The van der Waals surface area contributed by atoms with Crippen molar-refractivity contribution in [1.82, 2.24) is 9.88 Å². The maximum Gasteiger partial charge on any atom is 0.270 e. The van der Waals surface area contributed by atoms with Crippen molar-refractivity contribution in [1.29, 1.82) is 0 Å². The van der Waals surface area contributed by atoms with Crippen molar-refractivity contribution in [2.45, 2.75) is 6.92 Å². The van der Waals surface area contributed by atoms with Gasteiger partial charge in [-0.05, 0) is 26.1 Å². The van der Waals surface area contributed by atoms with Crippen molar-refractivity contribution in [2.24, 2.45) is 0 Å². The summed E-state index contributed by atoms with van der Waals surface area (Å²) in [5.74, 6) is 0. The number of nitro groups is 1. The Hall–Kier alpha value is -2.21. The highest BCUT2D eigenvalue weighted by Gasteiger charge is 2.18. The molecular formula is C15H18N4O2. The molecule has 2 aromatic rings. The number of hydrogen-bond donors (Lipinski definition) is 0. The highest BCUT2D eigenvalue weighted by molar-refractivity contribution is 5.93. The SMILES string of the molecule is Cc1cc(N2CCN(C)CC2)c2cc([N+](=O)[O-])ccc2n1. The first kappa shape index (κ1) is 13.8. The van der Waals surface area contributed by atoms with Crippen LogP contribution in [0.25, 0.3) is 10.9 Å². The maximum absolute atomic E-state index is 11.0. The van der Waals surface area contributed by atoms with Crippen molar-refractivity contribution in [2.75, 3.05) is 38.1 Å². The number of likely N-dealkylation sites (N-methyl/N-ethyl adjacent to an activating group) is 1. The quantitative estimate of drug-likeness (QED) is 0.625. The van der Waals surface area contributed by atoms with Gasteiger partial charge in [-0.25, -0.2) is 0 Å². The summed E-state index contributed by atoms with van der Waals surface area (Å²) in [6.45, 7) is 5.81. The average Bonchev–Trinajstić information content (AvgIpc) is 2.46. The summed E-state index contributed by atoms with van der Waals surface area (Å²) >= 11 is 0. The normalized spacial score (nSPS) is 16.4. The Morgan fingerprint density at radius 2 is 1.90 bits per heavy atom. The molecule has 0 saturated carbocycles. The van der Waals surface area contributed by atoms with Gasteiger partial charge in [-0.2, -0.15) is 0 Å². The van der Waals surface area contributed by atoms with Crippen molar-refractivity contribution in [3.05, 3.63) is 40.1 Å². The van der Waals surface area contributed by atoms with Gasteiger partial charge < -0.3 is 9.80 Å². The van der Waals surface area contributed by atoms with E-state index in [1.165, 1.54) is 6.07 Å². The highest BCUT2D eigenvalue weighted by Crippen LogP contribution is 2.30. The minimum atomic E-state index is -0.354. The number of aromatic nitrogens is 1. The molecule has 0 bridgehead atoms. The predicted molar refractivity (Wildman–Crippen MR) is 82.8 cm³/mol. The lowest BCUT2D eigenvalue weighted by Crippen LogP contribution is -2.44. The first-order valence-electron chi connectivity index (χ1n) is 7.04. The fourth-order valence-electron chi connectivity index (χ4n) is 2.75. The molecule has 1 aliphatic heterocycles. The number of hydrogen-bond acceptors (Lipinski definition) is 5. The van der Waals surface area contributed by atoms with Crippen LogP contribution in [0.3, 0.4) is 0 Å². The number of fused-ring (bicyclic) bond motifs is 1. The van der Waals surface area contributed by atoms with Crippen LogP contribution in [0.1, 0.15) is 5.69 Å². The summed E-state index contributed by atoms with van der Waals surface area (Å²) in [7, 11) is 2.11. The molecule has 0 aliphatic carbocycles. The molecule has 1 aromatic heterocycles. The lowest BCUT2D eigenvalue weighted by molar-refractivity contribution is -0.384. The molecule has 6 nitrogen and oxygen atoms in total. The number of benzene rings is 1. The number of nitrogens with zero attached hydrogens (tertiary/aromatic N) is 4. The summed E-state index contributed by atoms with van der Waals surface area (Å²) in [6, 6.07) is 6.91. The third-order valence-electron chi connectivity index (χ3n) is 3.95. The number of aryl methyl sites for hydroxylation is 1. The van der Waals surface area contributed by atoms with E-state index in [-0.39, 0.29) is 10.6 Å². The van der Waals surface area contributed by atoms with Gasteiger partial charge in [0.15, 0.2) is 0 Å². The van der Waals surface area contributed by atoms with E-state index in [1.54, 1.807) is 12.1 Å². The van der Waals surface area contributed by atoms with Gasteiger partial charge in [-0.15, -0.1) is 0 Å². The second kappa shape index (κ2) is 5.29. The molecule has 3 rings (SSSR count). The van der Waals surface area contributed by atoms with Gasteiger partial charge in [0.2, 0.25) is 0 Å². The minimum Gasteiger partial charge on any atom is -0.368 e. The number of nitro benzene ring substituents is 1. The van der Waals surface area contributed by atoms with Gasteiger partial charge in [0, 0.05) is 55.1 Å². The van der Waals surface area contributed by atoms with Crippen LogP contribution in [0.2, 0.25) is 0 Å². The van der Waals surface area contributed by atoms with Crippen molar-refractivity contribution in [3.8, 4) is 0 Å². The van der Waals surface area contributed by atoms with Crippen LogP contribution < -0.4 is 4.90 Å². The molecule has 1 aromatic carbocycles. The molecule has 1 saturated heterocycles. The van der Waals surface area contributed by atoms with Gasteiger partial charge >= 0.3 is 0 Å². The van der Waals surface area contributed by atoms with Crippen molar-refractivity contribution in [3.63, 3.8) is 0 Å². The number of pyridine rings is 1. The van der Waals surface area contributed by atoms with Crippen molar-refractivity contribution < 1.29 is 4.92 Å². The topological polar surface area (TPSA) is 62.5 Å². The molecule has 0 radical (unpaired) electrons. The van der Waals surface area contributed by atoms with E-state index < -0.39 is 0 Å². The average molecular weight is 286 g/mol. The van der Waals surface area contributed by atoms with Crippen LogP contribution in [0.5, 0.6) is 0 Å². The van der Waals surface area contributed by atoms with E-state index in [0.717, 1.165) is 48.5 Å². The Bertz CT molecular complexity index is 693. The number of piperazine rings is 1. The van der Waals surface area contributed by atoms with Crippen LogP contribution in [-0.2, 0) is 0 Å². The van der Waals surface area contributed by atoms with E-state index >= 15 is 0 Å². The van der Waals surface area contributed by atoms with E-state index in [9.17, 15) is 10.1 Å². The predicted octanol–water partition coefficient (Wildman–Crippen LogP) is 2.20. The standard InChI is InChI=1S/C15H18N4O2/c1-11-9-15(18-7-5-17(2)6-8-18)13-10-12(19(20)21)3-4-14(13)16-11/h3-4,9-10H,5-8H2,1-2H3. The van der Waals surface area contributed by atoms with Gasteiger partial charge in [0.25, 0.3) is 5.69 Å². The molecule has 1 fully saturated rings. The first-order valence-corrected chi connectivity index (χ1v) is 7.04. The maximum atomic E-state index is 11.0. The molecule has 1 aliphatic rings. The molecule has 0 amide bonds. The summed E-state index contributed by atoms with van der Waals surface area (Å²) < 4.78 is 0. The summed E-state index contributed by atoms with van der Waals surface area (Å²) in [4.78, 5) is 19.7. The first-order chi connectivity index (χ1) is 10.0. The Morgan fingerprint density at radius 1 is 1.19 bits per heavy atom. The Labute approximate surface area is 123 Å². The zero-order valence-electron chi connectivity index (χ0n) is 12.2. The van der Waals surface area contributed by atoms with Crippen LogP contribution in [0, 0.1) is 17.0 Å². The summed E-state index contributed by atoms with van der Waals surface area (Å²) in [6.07, 6.45) is 0. The van der Waals surface area contributed by atoms with Gasteiger partial charge in [0.05, 0.1) is 10.4 Å². The molecule has 2 heterocycles. The molecule has 0 N–H and O–H groups in total. The fourth-order valence-corrected chi connectivity index (χ4v) is 2.75. The third kappa shape index (κ3) is 2.67. The Morgan fingerprint density at radius 3 is 2.57 bits per heavy atom. The van der Waals surface area contributed by atoms with E-state index in [1.807, 2.05) is 13.0 Å². The second-order valence-electron chi connectivity index (χ2n) is 5.53. The fraction of sp³-hybridized carbons (Fsp3) is 0.400. The van der Waals surface area contributed by atoms with Crippen LogP contribution >= 0.6 is 0 Å². The lowest BCUT2D eigenvalue weighted by Gasteiger charge is -2.34.